The molecule has 126 valence electrons. The Morgan fingerprint density at radius 2 is 1.91 bits per heavy atom. The molecule has 23 heavy (non-hydrogen) atoms. The van der Waals surface area contributed by atoms with Gasteiger partial charge >= 0.3 is 0 Å². The van der Waals surface area contributed by atoms with Gasteiger partial charge in [-0.1, -0.05) is 0 Å². The second-order valence-corrected chi connectivity index (χ2v) is 5.98. The number of nitrogens with two attached hydrogens (primary N) is 1. The molecule has 2 heterocycles. The summed E-state index contributed by atoms with van der Waals surface area (Å²) in [5.41, 5.74) is 5.86. The Bertz CT molecular complexity index is 532. The number of primary amides is 1. The number of anilines is 1. The van der Waals surface area contributed by atoms with Crippen molar-refractivity contribution < 1.29 is 9.59 Å². The van der Waals surface area contributed by atoms with Gasteiger partial charge in [0.1, 0.15) is 5.82 Å². The predicted molar refractivity (Wildman–Crippen MR) is 90.2 cm³/mol. The van der Waals surface area contributed by atoms with Crippen LogP contribution in [0.15, 0.2) is 18.3 Å². The molecule has 0 unspecified atom stereocenters. The molecular formula is C17H26N4O2. The molecule has 0 saturated carbocycles. The van der Waals surface area contributed by atoms with Crippen LogP contribution in [0.2, 0.25) is 0 Å². The van der Waals surface area contributed by atoms with Crippen LogP contribution in [0.25, 0.3) is 0 Å². The number of rotatable bonds is 6. The maximum atomic E-state index is 12.5. The Morgan fingerprint density at radius 1 is 1.26 bits per heavy atom. The summed E-state index contributed by atoms with van der Waals surface area (Å²) in [5, 5.41) is 0. The van der Waals surface area contributed by atoms with Crippen molar-refractivity contribution >= 4 is 17.6 Å². The van der Waals surface area contributed by atoms with E-state index in [1.165, 1.54) is 0 Å². The Hall–Kier alpha value is -2.11. The van der Waals surface area contributed by atoms with E-state index in [4.69, 9.17) is 5.73 Å². The highest BCUT2D eigenvalue weighted by atomic mass is 16.2. The highest BCUT2D eigenvalue weighted by Gasteiger charge is 2.24. The Labute approximate surface area is 137 Å². The normalized spacial score (nSPS) is 15.5. The van der Waals surface area contributed by atoms with Crippen molar-refractivity contribution in [3.8, 4) is 0 Å². The average molecular weight is 318 g/mol. The Kier molecular flexibility index (Phi) is 5.96. The zero-order valence-electron chi connectivity index (χ0n) is 14.0. The molecule has 1 aliphatic heterocycles. The fourth-order valence-corrected chi connectivity index (χ4v) is 3.05. The van der Waals surface area contributed by atoms with Gasteiger partial charge in [-0.05, 0) is 44.7 Å². The van der Waals surface area contributed by atoms with Gasteiger partial charge in [0, 0.05) is 38.8 Å². The number of carbonyl (C=O) groups is 2. The van der Waals surface area contributed by atoms with E-state index in [1.54, 1.807) is 6.20 Å². The third-order valence-electron chi connectivity index (χ3n) is 4.47. The van der Waals surface area contributed by atoms with Gasteiger partial charge in [-0.15, -0.1) is 0 Å². The third-order valence-corrected chi connectivity index (χ3v) is 4.47. The number of nitrogens with zero attached hydrogens (tertiary/aromatic N) is 3. The monoisotopic (exact) mass is 318 g/mol. The van der Waals surface area contributed by atoms with Crippen LogP contribution in [-0.2, 0) is 4.79 Å². The summed E-state index contributed by atoms with van der Waals surface area (Å²) in [5.74, 6) is 0.957. The molecule has 0 spiro atoms. The van der Waals surface area contributed by atoms with Gasteiger partial charge < -0.3 is 15.5 Å². The minimum atomic E-state index is -0.258. The molecule has 6 nitrogen and oxygen atoms in total. The first kappa shape index (κ1) is 17.2. The lowest BCUT2D eigenvalue weighted by Crippen LogP contribution is -2.39. The fraction of sp³-hybridized carbons (Fsp3) is 0.588. The largest absolute Gasteiger partial charge is 0.370 e. The van der Waals surface area contributed by atoms with E-state index in [-0.39, 0.29) is 11.8 Å². The fourth-order valence-electron chi connectivity index (χ4n) is 3.05. The highest BCUT2D eigenvalue weighted by Crippen LogP contribution is 2.22. The molecule has 1 aliphatic rings. The van der Waals surface area contributed by atoms with Gasteiger partial charge in [-0.2, -0.15) is 0 Å². The molecule has 6 heteroatoms. The molecule has 1 aromatic rings. The van der Waals surface area contributed by atoms with Crippen molar-refractivity contribution in [1.29, 1.82) is 0 Å². The molecule has 1 saturated heterocycles. The SMILES string of the molecule is CCN(CC)c1ccc(C(=O)N2CCC(CC(N)=O)CC2)cn1. The molecular weight excluding hydrogens is 292 g/mol. The van der Waals surface area contributed by atoms with E-state index >= 15 is 0 Å². The molecule has 0 atom stereocenters. The second-order valence-electron chi connectivity index (χ2n) is 5.98. The lowest BCUT2D eigenvalue weighted by Gasteiger charge is -2.31. The molecule has 1 fully saturated rings. The Morgan fingerprint density at radius 3 is 2.39 bits per heavy atom. The lowest BCUT2D eigenvalue weighted by atomic mass is 9.93. The van der Waals surface area contributed by atoms with Gasteiger partial charge in [0.15, 0.2) is 0 Å². The van der Waals surface area contributed by atoms with Crippen LogP contribution >= 0.6 is 0 Å². The molecule has 0 aromatic carbocycles. The number of amides is 2. The van der Waals surface area contributed by atoms with Crippen LogP contribution in [0.5, 0.6) is 0 Å². The first-order valence-corrected chi connectivity index (χ1v) is 8.33. The molecule has 2 rings (SSSR count). The first-order chi connectivity index (χ1) is 11.0. The number of aromatic nitrogens is 1. The zero-order valence-corrected chi connectivity index (χ0v) is 14.0. The summed E-state index contributed by atoms with van der Waals surface area (Å²) in [7, 11) is 0. The molecule has 0 radical (unpaired) electrons. The van der Waals surface area contributed by atoms with E-state index in [0.29, 0.717) is 31.0 Å². The highest BCUT2D eigenvalue weighted by molar-refractivity contribution is 5.94. The Balaban J connectivity index is 1.95. The van der Waals surface area contributed by atoms with E-state index in [2.05, 4.69) is 23.7 Å². The standard InChI is InChI=1S/C17H26N4O2/c1-3-20(4-2)16-6-5-14(12-19-16)17(23)21-9-7-13(8-10-21)11-15(18)22/h5-6,12-13H,3-4,7-11H2,1-2H3,(H2,18,22). The van der Waals surface area contributed by atoms with Crippen molar-refractivity contribution in [3.63, 3.8) is 0 Å². The van der Waals surface area contributed by atoms with E-state index in [9.17, 15) is 9.59 Å². The van der Waals surface area contributed by atoms with Crippen LogP contribution in [0.1, 0.15) is 43.5 Å². The van der Waals surface area contributed by atoms with Crippen LogP contribution in [-0.4, -0.2) is 47.9 Å². The summed E-state index contributed by atoms with van der Waals surface area (Å²) in [4.78, 5) is 31.9. The number of carbonyl (C=O) groups excluding carboxylic acids is 2. The zero-order chi connectivity index (χ0) is 16.8. The number of hydrogen-bond donors (Lipinski definition) is 1. The molecule has 2 N–H and O–H groups in total. The summed E-state index contributed by atoms with van der Waals surface area (Å²) in [6.07, 6.45) is 3.74. The van der Waals surface area contributed by atoms with Crippen molar-refractivity contribution in [3.05, 3.63) is 23.9 Å². The third kappa shape index (κ3) is 4.43. The van der Waals surface area contributed by atoms with E-state index in [0.717, 1.165) is 31.7 Å². The van der Waals surface area contributed by atoms with Crippen LogP contribution in [0, 0.1) is 5.92 Å². The van der Waals surface area contributed by atoms with Gasteiger partial charge in [0.05, 0.1) is 5.56 Å². The second kappa shape index (κ2) is 7.94. The molecule has 0 aliphatic carbocycles. The number of piperidine rings is 1. The van der Waals surface area contributed by atoms with E-state index < -0.39 is 0 Å². The van der Waals surface area contributed by atoms with Gasteiger partial charge in [-0.3, -0.25) is 9.59 Å². The molecule has 0 bridgehead atoms. The quantitative estimate of drug-likeness (QED) is 0.865. The van der Waals surface area contributed by atoms with Crippen molar-refractivity contribution in [2.75, 3.05) is 31.1 Å². The van der Waals surface area contributed by atoms with E-state index in [1.807, 2.05) is 17.0 Å². The maximum Gasteiger partial charge on any atom is 0.255 e. The summed E-state index contributed by atoms with van der Waals surface area (Å²) in [6, 6.07) is 3.75. The van der Waals surface area contributed by atoms with Crippen LogP contribution in [0.3, 0.4) is 0 Å². The van der Waals surface area contributed by atoms with Crippen molar-refractivity contribution in [1.82, 2.24) is 9.88 Å². The first-order valence-electron chi connectivity index (χ1n) is 8.33. The van der Waals surface area contributed by atoms with Crippen molar-refractivity contribution in [2.24, 2.45) is 11.7 Å². The average Bonchev–Trinajstić information content (AvgIpc) is 2.56. The van der Waals surface area contributed by atoms with Gasteiger partial charge in [-0.25, -0.2) is 4.98 Å². The van der Waals surface area contributed by atoms with Crippen LogP contribution < -0.4 is 10.6 Å². The summed E-state index contributed by atoms with van der Waals surface area (Å²) in [6.45, 7) is 7.30. The molecule has 1 aromatic heterocycles. The van der Waals surface area contributed by atoms with Crippen molar-refractivity contribution in [2.45, 2.75) is 33.1 Å². The predicted octanol–water partition coefficient (Wildman–Crippen LogP) is 1.66. The minimum Gasteiger partial charge on any atom is -0.370 e. The minimum absolute atomic E-state index is 0.0149. The number of likely N-dealkylation sites (tertiary alicyclic amines) is 1. The van der Waals surface area contributed by atoms with Crippen LogP contribution in [0.4, 0.5) is 5.82 Å². The van der Waals surface area contributed by atoms with Gasteiger partial charge in [0.2, 0.25) is 5.91 Å². The number of pyridine rings is 1. The van der Waals surface area contributed by atoms with Gasteiger partial charge in [0.25, 0.3) is 5.91 Å². The lowest BCUT2D eigenvalue weighted by molar-refractivity contribution is -0.119. The number of hydrogen-bond acceptors (Lipinski definition) is 4. The molecule has 2 amide bonds. The smallest absolute Gasteiger partial charge is 0.255 e. The maximum absolute atomic E-state index is 12.5. The summed E-state index contributed by atoms with van der Waals surface area (Å²) < 4.78 is 0. The summed E-state index contributed by atoms with van der Waals surface area (Å²) >= 11 is 0. The topological polar surface area (TPSA) is 79.5 Å².